The molecule has 0 aromatic rings. The molecule has 5 heteroatoms. The number of carbonyl (C=O) groups excluding carboxylic acids is 1. The third-order valence-electron chi connectivity index (χ3n) is 10.5. The van der Waals surface area contributed by atoms with Crippen LogP contribution in [-0.4, -0.2) is 11.9 Å². The van der Waals surface area contributed by atoms with Crippen molar-refractivity contribution >= 4 is 5.91 Å². The van der Waals surface area contributed by atoms with Gasteiger partial charge < -0.3 is 5.73 Å². The second-order valence-corrected chi connectivity index (χ2v) is 11.5. The molecule has 4 aliphatic rings. The predicted octanol–water partition coefficient (Wildman–Crippen LogP) is 6.23. The van der Waals surface area contributed by atoms with Gasteiger partial charge in [-0.3, -0.25) is 4.79 Å². The summed E-state index contributed by atoms with van der Waals surface area (Å²) in [7, 11) is 0. The molecule has 4 fully saturated rings. The molecule has 1 unspecified atom stereocenters. The average Bonchev–Trinajstić information content (AvgIpc) is 3.04. The van der Waals surface area contributed by atoms with E-state index in [1.54, 1.807) is 0 Å². The maximum absolute atomic E-state index is 11.3. The summed E-state index contributed by atoms with van der Waals surface area (Å²) in [6.45, 7) is 7.52. The number of primary amides is 1. The highest BCUT2D eigenvalue weighted by molar-refractivity contribution is 5.73. The monoisotopic (exact) mass is 400 g/mol. The first kappa shape index (κ1) is 21.0. The van der Waals surface area contributed by atoms with Gasteiger partial charge in [0.15, 0.2) is 0 Å². The van der Waals surface area contributed by atoms with E-state index < -0.39 is 0 Å². The second kappa shape index (κ2) is 7.80. The van der Waals surface area contributed by atoms with E-state index in [0.29, 0.717) is 23.2 Å². The largest absolute Gasteiger partial charge is 0.370 e. The molecule has 29 heavy (non-hydrogen) atoms. The molecule has 0 aliphatic heterocycles. The Labute approximate surface area is 176 Å². The van der Waals surface area contributed by atoms with Gasteiger partial charge in [-0.15, -0.1) is 0 Å². The summed E-state index contributed by atoms with van der Waals surface area (Å²) in [6.07, 6.45) is 13.1. The number of nitrogens with two attached hydrogens (primary N) is 1. The first-order valence-electron chi connectivity index (χ1n) is 12.1. The van der Waals surface area contributed by atoms with Gasteiger partial charge in [0, 0.05) is 17.4 Å². The third-order valence-corrected chi connectivity index (χ3v) is 10.5. The van der Waals surface area contributed by atoms with E-state index in [9.17, 15) is 4.79 Å². The van der Waals surface area contributed by atoms with Crippen LogP contribution in [0.15, 0.2) is 5.11 Å². The molecule has 0 aromatic heterocycles. The van der Waals surface area contributed by atoms with Crippen molar-refractivity contribution in [1.82, 2.24) is 0 Å². The lowest BCUT2D eigenvalue weighted by molar-refractivity contribution is -0.120. The summed E-state index contributed by atoms with van der Waals surface area (Å²) >= 11 is 0. The second-order valence-electron chi connectivity index (χ2n) is 11.5. The van der Waals surface area contributed by atoms with Crippen molar-refractivity contribution in [3.05, 3.63) is 10.4 Å². The predicted molar refractivity (Wildman–Crippen MR) is 116 cm³/mol. The molecule has 0 bridgehead atoms. The molecule has 1 amide bonds. The molecule has 2 N–H and O–H groups in total. The zero-order valence-electron chi connectivity index (χ0n) is 18.6. The summed E-state index contributed by atoms with van der Waals surface area (Å²) in [5, 5.41) is 4.08. The van der Waals surface area contributed by atoms with Crippen molar-refractivity contribution in [3.8, 4) is 0 Å². The van der Waals surface area contributed by atoms with Gasteiger partial charge >= 0.3 is 0 Å². The van der Waals surface area contributed by atoms with Crippen molar-refractivity contribution in [2.75, 3.05) is 0 Å². The number of hydrogen-bond acceptors (Lipinski definition) is 2. The Balaban J connectivity index is 1.49. The Hall–Kier alpha value is -1.22. The molecule has 5 nitrogen and oxygen atoms in total. The Bertz CT molecular complexity index is 688. The van der Waals surface area contributed by atoms with Crippen molar-refractivity contribution in [3.63, 3.8) is 0 Å². The fourth-order valence-corrected chi connectivity index (χ4v) is 8.96. The summed E-state index contributed by atoms with van der Waals surface area (Å²) in [5.74, 6) is 4.52. The standard InChI is InChI=1S/C24H40N4O/c1-15(4-9-22(25)29)19-7-8-20-18-6-5-16-14-17(27-28-26)10-12-23(16,2)21(18)11-13-24(19,20)3/h15-21H,4-14H2,1-3H3,(H2,25,29)/t15-,16-,17?,18+,19-,20+,21+,23+,24-/m1/s1. The normalized spacial score (nSPS) is 47.3. The average molecular weight is 401 g/mol. The Kier molecular flexibility index (Phi) is 5.65. The molecular formula is C24H40N4O. The van der Waals surface area contributed by atoms with Crippen LogP contribution in [0.2, 0.25) is 0 Å². The molecule has 0 spiro atoms. The third kappa shape index (κ3) is 3.48. The minimum Gasteiger partial charge on any atom is -0.370 e. The Morgan fingerprint density at radius 2 is 1.83 bits per heavy atom. The lowest BCUT2D eigenvalue weighted by Gasteiger charge is -2.61. The van der Waals surface area contributed by atoms with Crippen LogP contribution in [0.3, 0.4) is 0 Å². The van der Waals surface area contributed by atoms with Crippen LogP contribution >= 0.6 is 0 Å². The van der Waals surface area contributed by atoms with Crippen molar-refractivity contribution in [2.45, 2.75) is 97.4 Å². The molecule has 9 atom stereocenters. The summed E-state index contributed by atoms with van der Waals surface area (Å²) in [4.78, 5) is 14.4. The molecule has 4 rings (SSSR count). The highest BCUT2D eigenvalue weighted by Crippen LogP contribution is 2.68. The number of carbonyl (C=O) groups is 1. The van der Waals surface area contributed by atoms with E-state index in [4.69, 9.17) is 11.3 Å². The van der Waals surface area contributed by atoms with Crippen molar-refractivity contribution in [2.24, 2.45) is 57.2 Å². The van der Waals surface area contributed by atoms with E-state index in [-0.39, 0.29) is 11.9 Å². The first-order chi connectivity index (χ1) is 13.8. The molecule has 162 valence electrons. The molecule has 0 radical (unpaired) electrons. The molecule has 0 aromatic carbocycles. The molecule has 0 saturated heterocycles. The molecule has 4 aliphatic carbocycles. The van der Waals surface area contributed by atoms with Crippen LogP contribution in [0.1, 0.15) is 91.4 Å². The summed E-state index contributed by atoms with van der Waals surface area (Å²) < 4.78 is 0. The first-order valence-corrected chi connectivity index (χ1v) is 12.1. The fraction of sp³-hybridized carbons (Fsp3) is 0.958. The molecule has 4 saturated carbocycles. The van der Waals surface area contributed by atoms with Crippen molar-refractivity contribution in [1.29, 1.82) is 0 Å². The zero-order valence-corrected chi connectivity index (χ0v) is 18.6. The van der Waals surface area contributed by atoms with Gasteiger partial charge in [-0.05, 0) is 116 Å². The van der Waals surface area contributed by atoms with Gasteiger partial charge in [-0.25, -0.2) is 0 Å². The summed E-state index contributed by atoms with van der Waals surface area (Å²) in [5.41, 5.74) is 15.2. The van der Waals surface area contributed by atoms with Gasteiger partial charge in [-0.2, -0.15) is 0 Å². The highest BCUT2D eigenvalue weighted by atomic mass is 16.1. The lowest BCUT2D eigenvalue weighted by Crippen LogP contribution is -2.54. The Morgan fingerprint density at radius 1 is 1.10 bits per heavy atom. The van der Waals surface area contributed by atoms with Crippen LogP contribution in [0.25, 0.3) is 10.4 Å². The molecular weight excluding hydrogens is 360 g/mol. The van der Waals surface area contributed by atoms with Crippen LogP contribution in [0, 0.1) is 46.3 Å². The van der Waals surface area contributed by atoms with Gasteiger partial charge in [0.05, 0.1) is 0 Å². The van der Waals surface area contributed by atoms with E-state index in [2.05, 4.69) is 30.8 Å². The minimum atomic E-state index is -0.150. The SMILES string of the molecule is C[C@H](CCC(N)=O)[C@H]1CC[C@H]2[C@@H]3CC[C@@H]4CC(N=[N+]=[N-])CC[C@]4(C)[C@H]3CC[C@]12C. The number of hydrogen-bond donors (Lipinski definition) is 1. The van der Waals surface area contributed by atoms with Crippen LogP contribution in [0.5, 0.6) is 0 Å². The lowest BCUT2D eigenvalue weighted by atomic mass is 9.44. The minimum absolute atomic E-state index is 0.150. The Morgan fingerprint density at radius 3 is 2.55 bits per heavy atom. The van der Waals surface area contributed by atoms with Gasteiger partial charge in [0.2, 0.25) is 5.91 Å². The van der Waals surface area contributed by atoms with Crippen LogP contribution < -0.4 is 5.73 Å². The quantitative estimate of drug-likeness (QED) is 0.331. The van der Waals surface area contributed by atoms with Crippen molar-refractivity contribution < 1.29 is 4.79 Å². The van der Waals surface area contributed by atoms with E-state index in [1.165, 1.54) is 44.9 Å². The maximum Gasteiger partial charge on any atom is 0.217 e. The number of nitrogens with zero attached hydrogens (tertiary/aromatic N) is 3. The fourth-order valence-electron chi connectivity index (χ4n) is 8.96. The molecule has 0 heterocycles. The summed E-state index contributed by atoms with van der Waals surface area (Å²) in [6, 6.07) is 0.227. The van der Waals surface area contributed by atoms with Gasteiger partial charge in [0.25, 0.3) is 0 Å². The van der Waals surface area contributed by atoms with Crippen LogP contribution in [0.4, 0.5) is 0 Å². The number of rotatable bonds is 5. The zero-order chi connectivity index (χ0) is 20.8. The van der Waals surface area contributed by atoms with Crippen LogP contribution in [-0.2, 0) is 4.79 Å². The number of fused-ring (bicyclic) bond motifs is 5. The maximum atomic E-state index is 11.3. The highest BCUT2D eigenvalue weighted by Gasteiger charge is 2.60. The van der Waals surface area contributed by atoms with Gasteiger partial charge in [-0.1, -0.05) is 25.9 Å². The number of amides is 1. The smallest absolute Gasteiger partial charge is 0.217 e. The van der Waals surface area contributed by atoms with E-state index in [0.717, 1.165) is 48.9 Å². The van der Waals surface area contributed by atoms with E-state index in [1.807, 2.05) is 0 Å². The topological polar surface area (TPSA) is 91.9 Å². The number of azide groups is 1. The van der Waals surface area contributed by atoms with E-state index >= 15 is 0 Å². The van der Waals surface area contributed by atoms with Gasteiger partial charge in [0.1, 0.15) is 0 Å².